The van der Waals surface area contributed by atoms with Crippen LogP contribution in [0.5, 0.6) is 11.5 Å². The molecule has 2 rings (SSSR count). The van der Waals surface area contributed by atoms with Gasteiger partial charge >= 0.3 is 0 Å². The second kappa shape index (κ2) is 11.8. The second-order valence-electron chi connectivity index (χ2n) is 7.25. The molecule has 0 radical (unpaired) electrons. The lowest BCUT2D eigenvalue weighted by atomic mass is 9.78. The zero-order valence-corrected chi connectivity index (χ0v) is 17.5. The molecule has 1 unspecified atom stereocenters. The summed E-state index contributed by atoms with van der Waals surface area (Å²) >= 11 is 0. The average molecular weight is 405 g/mol. The first-order chi connectivity index (χ1) is 14.0. The van der Waals surface area contributed by atoms with Crippen molar-refractivity contribution < 1.29 is 29.2 Å². The Hall–Kier alpha value is -2.12. The highest BCUT2D eigenvalue weighted by molar-refractivity contribution is 5.41. The summed E-state index contributed by atoms with van der Waals surface area (Å²) in [6, 6.07) is 16.0. The molecule has 0 heterocycles. The predicted molar refractivity (Wildman–Crippen MR) is 112 cm³/mol. The third-order valence-electron chi connectivity index (χ3n) is 4.75. The Balaban J connectivity index is 1.81. The smallest absolute Gasteiger partial charge is 0.119 e. The molecule has 0 saturated heterocycles. The van der Waals surface area contributed by atoms with Gasteiger partial charge in [0.2, 0.25) is 0 Å². The second-order valence-corrected chi connectivity index (χ2v) is 7.25. The molecule has 6 heteroatoms. The Morgan fingerprint density at radius 1 is 0.793 bits per heavy atom. The van der Waals surface area contributed by atoms with Crippen molar-refractivity contribution in [2.75, 3.05) is 46.8 Å². The summed E-state index contributed by atoms with van der Waals surface area (Å²) in [5.41, 5.74) is 2.21. The summed E-state index contributed by atoms with van der Waals surface area (Å²) < 4.78 is 21.3. The van der Waals surface area contributed by atoms with Gasteiger partial charge in [0.25, 0.3) is 0 Å². The zero-order chi connectivity index (χ0) is 21.1. The molecule has 2 N–H and O–H groups in total. The van der Waals surface area contributed by atoms with Crippen molar-refractivity contribution in [3.8, 4) is 11.5 Å². The van der Waals surface area contributed by atoms with Gasteiger partial charge in [-0.25, -0.2) is 0 Å². The number of aliphatic hydroxyl groups is 2. The fourth-order valence-corrected chi connectivity index (χ4v) is 2.89. The van der Waals surface area contributed by atoms with Crippen molar-refractivity contribution in [2.45, 2.75) is 25.4 Å². The van der Waals surface area contributed by atoms with E-state index in [4.69, 9.17) is 24.1 Å². The van der Waals surface area contributed by atoms with E-state index in [-0.39, 0.29) is 25.2 Å². The Labute approximate surface area is 173 Å². The van der Waals surface area contributed by atoms with Gasteiger partial charge in [-0.3, -0.25) is 0 Å². The zero-order valence-electron chi connectivity index (χ0n) is 17.5. The molecule has 6 nitrogen and oxygen atoms in total. The van der Waals surface area contributed by atoms with Gasteiger partial charge in [0, 0.05) is 5.41 Å². The lowest BCUT2D eigenvalue weighted by Gasteiger charge is -2.26. The molecule has 29 heavy (non-hydrogen) atoms. The molecule has 0 amide bonds. The maximum atomic E-state index is 9.95. The molecule has 0 aliphatic rings. The van der Waals surface area contributed by atoms with Gasteiger partial charge in [0.15, 0.2) is 0 Å². The SMILES string of the molecule is COc1ccc(C(C)(C)c2ccc(OCC(O)COCCOCCO)cc2)cc1. The predicted octanol–water partition coefficient (Wildman–Crippen LogP) is 2.79. The van der Waals surface area contributed by atoms with Crippen molar-refractivity contribution in [3.05, 3.63) is 59.7 Å². The average Bonchev–Trinajstić information content (AvgIpc) is 2.75. The summed E-state index contributed by atoms with van der Waals surface area (Å²) in [7, 11) is 1.66. The Morgan fingerprint density at radius 2 is 1.34 bits per heavy atom. The quantitative estimate of drug-likeness (QED) is 0.500. The first-order valence-electron chi connectivity index (χ1n) is 9.79. The van der Waals surface area contributed by atoms with E-state index in [0.29, 0.717) is 25.6 Å². The summed E-state index contributed by atoms with van der Waals surface area (Å²) in [5, 5.41) is 18.5. The summed E-state index contributed by atoms with van der Waals surface area (Å²) in [6.45, 7) is 5.72. The van der Waals surface area contributed by atoms with Crippen LogP contribution in [0.2, 0.25) is 0 Å². The lowest BCUT2D eigenvalue weighted by molar-refractivity contribution is -0.0147. The summed E-state index contributed by atoms with van der Waals surface area (Å²) in [6.07, 6.45) is -0.719. The topological polar surface area (TPSA) is 77.4 Å². The van der Waals surface area contributed by atoms with E-state index in [0.717, 1.165) is 5.75 Å². The minimum Gasteiger partial charge on any atom is -0.497 e. The van der Waals surface area contributed by atoms with E-state index in [2.05, 4.69) is 26.0 Å². The van der Waals surface area contributed by atoms with E-state index in [1.165, 1.54) is 11.1 Å². The molecule has 0 fully saturated rings. The third kappa shape index (κ3) is 7.33. The number of hydrogen-bond acceptors (Lipinski definition) is 6. The van der Waals surface area contributed by atoms with Gasteiger partial charge < -0.3 is 29.2 Å². The van der Waals surface area contributed by atoms with Crippen molar-refractivity contribution in [1.82, 2.24) is 0 Å². The summed E-state index contributed by atoms with van der Waals surface area (Å²) in [5.74, 6) is 1.54. The van der Waals surface area contributed by atoms with Crippen LogP contribution in [0.25, 0.3) is 0 Å². The number of aliphatic hydroxyl groups excluding tert-OH is 2. The van der Waals surface area contributed by atoms with Crippen LogP contribution >= 0.6 is 0 Å². The first-order valence-corrected chi connectivity index (χ1v) is 9.79. The number of hydrogen-bond donors (Lipinski definition) is 2. The number of methoxy groups -OCH3 is 1. The van der Waals surface area contributed by atoms with Crippen LogP contribution < -0.4 is 9.47 Å². The van der Waals surface area contributed by atoms with Crippen molar-refractivity contribution >= 4 is 0 Å². The standard InChI is InChI=1S/C23H32O6/c1-23(2,18-4-8-21(26-3)9-5-18)19-6-10-22(11-7-19)29-17-20(25)16-28-15-14-27-13-12-24/h4-11,20,24-25H,12-17H2,1-3H3. The van der Waals surface area contributed by atoms with Crippen LogP contribution in [-0.2, 0) is 14.9 Å². The number of rotatable bonds is 13. The van der Waals surface area contributed by atoms with Gasteiger partial charge in [-0.05, 0) is 35.4 Å². The lowest BCUT2D eigenvalue weighted by Crippen LogP contribution is -2.24. The van der Waals surface area contributed by atoms with Crippen LogP contribution in [0.4, 0.5) is 0 Å². The molecule has 1 atom stereocenters. The molecular formula is C23H32O6. The molecular weight excluding hydrogens is 372 g/mol. The molecule has 0 saturated carbocycles. The highest BCUT2D eigenvalue weighted by Crippen LogP contribution is 2.33. The first kappa shape index (κ1) is 23.2. The number of ether oxygens (including phenoxy) is 4. The third-order valence-corrected chi connectivity index (χ3v) is 4.75. The molecule has 0 bridgehead atoms. The Kier molecular flexibility index (Phi) is 9.41. The van der Waals surface area contributed by atoms with Crippen molar-refractivity contribution in [1.29, 1.82) is 0 Å². The minimum absolute atomic E-state index is 0.00741. The minimum atomic E-state index is -0.719. The fourth-order valence-electron chi connectivity index (χ4n) is 2.89. The summed E-state index contributed by atoms with van der Waals surface area (Å²) in [4.78, 5) is 0. The van der Waals surface area contributed by atoms with E-state index < -0.39 is 6.10 Å². The van der Waals surface area contributed by atoms with Crippen LogP contribution in [0.1, 0.15) is 25.0 Å². The van der Waals surface area contributed by atoms with E-state index >= 15 is 0 Å². The van der Waals surface area contributed by atoms with Gasteiger partial charge in [-0.15, -0.1) is 0 Å². The van der Waals surface area contributed by atoms with Gasteiger partial charge in [-0.1, -0.05) is 38.1 Å². The molecule has 0 aliphatic carbocycles. The van der Waals surface area contributed by atoms with E-state index in [1.807, 2.05) is 36.4 Å². The van der Waals surface area contributed by atoms with Crippen LogP contribution in [0, 0.1) is 0 Å². The molecule has 0 aliphatic heterocycles. The number of benzene rings is 2. The van der Waals surface area contributed by atoms with Crippen LogP contribution in [0.3, 0.4) is 0 Å². The van der Waals surface area contributed by atoms with Crippen molar-refractivity contribution in [3.63, 3.8) is 0 Å². The van der Waals surface area contributed by atoms with E-state index in [9.17, 15) is 5.11 Å². The maximum Gasteiger partial charge on any atom is 0.119 e. The van der Waals surface area contributed by atoms with Gasteiger partial charge in [0.05, 0.1) is 40.1 Å². The van der Waals surface area contributed by atoms with E-state index in [1.54, 1.807) is 7.11 Å². The van der Waals surface area contributed by atoms with Gasteiger partial charge in [0.1, 0.15) is 24.2 Å². The fraction of sp³-hybridized carbons (Fsp3) is 0.478. The van der Waals surface area contributed by atoms with Gasteiger partial charge in [-0.2, -0.15) is 0 Å². The highest BCUT2D eigenvalue weighted by Gasteiger charge is 2.23. The molecule has 0 spiro atoms. The molecule has 2 aromatic rings. The Bertz CT molecular complexity index is 696. The largest absolute Gasteiger partial charge is 0.497 e. The normalized spacial score (nSPS) is 12.6. The highest BCUT2D eigenvalue weighted by atomic mass is 16.5. The van der Waals surface area contributed by atoms with Crippen LogP contribution in [-0.4, -0.2) is 63.1 Å². The Morgan fingerprint density at radius 3 is 1.90 bits per heavy atom. The monoisotopic (exact) mass is 404 g/mol. The van der Waals surface area contributed by atoms with Crippen molar-refractivity contribution in [2.24, 2.45) is 0 Å². The molecule has 0 aromatic heterocycles. The molecule has 2 aromatic carbocycles. The maximum absolute atomic E-state index is 9.95. The van der Waals surface area contributed by atoms with Crippen LogP contribution in [0.15, 0.2) is 48.5 Å². The molecule has 160 valence electrons.